The van der Waals surface area contributed by atoms with Crippen molar-refractivity contribution in [1.82, 2.24) is 0 Å². The van der Waals surface area contributed by atoms with Crippen molar-refractivity contribution < 1.29 is 0 Å². The zero-order chi connectivity index (χ0) is 5.78. The molecule has 46 valence electrons. The molecule has 0 bridgehead atoms. The molecular weight excluding hydrogens is 96.1 g/mol. The summed E-state index contributed by atoms with van der Waals surface area (Å²) in [6, 6.07) is 0. The Labute approximate surface area is 51.3 Å². The lowest BCUT2D eigenvalue weighted by molar-refractivity contribution is 0.512. The summed E-state index contributed by atoms with van der Waals surface area (Å²) < 4.78 is 0. The minimum Gasteiger partial charge on any atom is -0.0625 e. The first-order valence-electron chi connectivity index (χ1n) is 3.75. The van der Waals surface area contributed by atoms with E-state index >= 15 is 0 Å². The molecule has 0 aromatic rings. The molecule has 0 saturated heterocycles. The normalized spacial score (nSPS) is 38.6. The maximum Gasteiger partial charge on any atom is -0.0263 e. The Morgan fingerprint density at radius 3 is 2.12 bits per heavy atom. The highest BCUT2D eigenvalue weighted by Gasteiger charge is 2.62. The third-order valence-electron chi connectivity index (χ3n) is 2.95. The van der Waals surface area contributed by atoms with Crippen LogP contribution >= 0.6 is 0 Å². The Balaban J connectivity index is 1.96. The highest BCUT2D eigenvalue weighted by Crippen LogP contribution is 2.72. The van der Waals surface area contributed by atoms with Gasteiger partial charge in [0.25, 0.3) is 0 Å². The van der Waals surface area contributed by atoms with E-state index in [1.165, 1.54) is 0 Å². The molecule has 1 atom stereocenters. The molecule has 8 heavy (non-hydrogen) atoms. The lowest BCUT2D eigenvalue weighted by Crippen LogP contribution is -1.91. The lowest BCUT2D eigenvalue weighted by atomic mass is 10.1. The molecule has 0 amide bonds. The highest BCUT2D eigenvalue weighted by atomic mass is 14.7. The predicted octanol–water partition coefficient (Wildman–Crippen LogP) is 2.44. The molecule has 1 spiro atoms. The van der Waals surface area contributed by atoms with E-state index in [1.54, 1.807) is 19.3 Å². The third kappa shape index (κ3) is 0.463. The molecule has 2 fully saturated rings. The van der Waals surface area contributed by atoms with Crippen LogP contribution < -0.4 is 0 Å². The van der Waals surface area contributed by atoms with Gasteiger partial charge in [-0.1, -0.05) is 13.8 Å². The van der Waals surface area contributed by atoms with Crippen molar-refractivity contribution in [3.63, 3.8) is 0 Å². The number of rotatable bonds is 1. The van der Waals surface area contributed by atoms with E-state index in [1.807, 2.05) is 0 Å². The van der Waals surface area contributed by atoms with Gasteiger partial charge in [-0.2, -0.15) is 0 Å². The van der Waals surface area contributed by atoms with Gasteiger partial charge in [-0.25, -0.2) is 0 Å². The molecule has 0 aliphatic heterocycles. The second-order valence-electron chi connectivity index (χ2n) is 3.92. The van der Waals surface area contributed by atoms with Crippen LogP contribution in [0, 0.1) is 17.3 Å². The molecule has 2 rings (SSSR count). The van der Waals surface area contributed by atoms with Gasteiger partial charge in [0.2, 0.25) is 0 Å². The van der Waals surface area contributed by atoms with E-state index in [-0.39, 0.29) is 0 Å². The average molecular weight is 110 g/mol. The minimum absolute atomic E-state index is 0.939. The summed E-state index contributed by atoms with van der Waals surface area (Å²) in [5, 5.41) is 0. The van der Waals surface area contributed by atoms with Crippen LogP contribution in [0.2, 0.25) is 0 Å². The Morgan fingerprint density at radius 1 is 1.38 bits per heavy atom. The summed E-state index contributed by atoms with van der Waals surface area (Å²) in [6.07, 6.45) is 4.66. The molecule has 0 nitrogen and oxygen atoms in total. The van der Waals surface area contributed by atoms with Crippen molar-refractivity contribution in [2.24, 2.45) is 17.3 Å². The molecule has 2 aliphatic rings. The SMILES string of the molecule is CC(C)[C@@H]1CC12CC2. The van der Waals surface area contributed by atoms with Crippen molar-refractivity contribution >= 4 is 0 Å². The van der Waals surface area contributed by atoms with E-state index in [9.17, 15) is 0 Å². The Bertz CT molecular complexity index is 109. The van der Waals surface area contributed by atoms with Gasteiger partial charge in [-0.05, 0) is 36.5 Å². The largest absolute Gasteiger partial charge is 0.0625 e. The topological polar surface area (TPSA) is 0 Å². The molecule has 2 aliphatic carbocycles. The van der Waals surface area contributed by atoms with E-state index < -0.39 is 0 Å². The lowest BCUT2D eigenvalue weighted by Gasteiger charge is -1.98. The zero-order valence-electron chi connectivity index (χ0n) is 5.78. The molecular formula is C8H14. The second kappa shape index (κ2) is 1.12. The fourth-order valence-electron chi connectivity index (χ4n) is 2.06. The summed E-state index contributed by atoms with van der Waals surface area (Å²) in [5.41, 5.74) is 0.939. The van der Waals surface area contributed by atoms with Gasteiger partial charge < -0.3 is 0 Å². The molecule has 0 heteroatoms. The predicted molar refractivity (Wildman–Crippen MR) is 34.6 cm³/mol. The second-order valence-corrected chi connectivity index (χ2v) is 3.92. The van der Waals surface area contributed by atoms with Crippen LogP contribution in [0.25, 0.3) is 0 Å². The first-order chi connectivity index (χ1) is 3.75. The van der Waals surface area contributed by atoms with E-state index in [2.05, 4.69) is 13.8 Å². The summed E-state index contributed by atoms with van der Waals surface area (Å²) in [4.78, 5) is 0. The first-order valence-corrected chi connectivity index (χ1v) is 3.75. The molecule has 0 aromatic carbocycles. The van der Waals surface area contributed by atoms with Crippen molar-refractivity contribution in [1.29, 1.82) is 0 Å². The molecule has 0 unspecified atom stereocenters. The van der Waals surface area contributed by atoms with Crippen LogP contribution in [-0.4, -0.2) is 0 Å². The summed E-state index contributed by atoms with van der Waals surface area (Å²) >= 11 is 0. The summed E-state index contributed by atoms with van der Waals surface area (Å²) in [6.45, 7) is 4.72. The standard InChI is InChI=1S/C8H14/c1-6(2)7-5-8(7)3-4-8/h6-7H,3-5H2,1-2H3/t7-/m0/s1. The monoisotopic (exact) mass is 110 g/mol. The smallest absolute Gasteiger partial charge is 0.0263 e. The molecule has 2 saturated carbocycles. The highest BCUT2D eigenvalue weighted by molar-refractivity contribution is 5.12. The zero-order valence-corrected chi connectivity index (χ0v) is 5.78. The summed E-state index contributed by atoms with van der Waals surface area (Å²) in [5.74, 6) is 2.10. The van der Waals surface area contributed by atoms with Gasteiger partial charge in [0.05, 0.1) is 0 Å². The fourth-order valence-corrected chi connectivity index (χ4v) is 2.06. The van der Waals surface area contributed by atoms with E-state index in [0.717, 1.165) is 17.3 Å². The third-order valence-corrected chi connectivity index (χ3v) is 2.95. The van der Waals surface area contributed by atoms with Crippen molar-refractivity contribution in [3.8, 4) is 0 Å². The quantitative estimate of drug-likeness (QED) is 0.486. The van der Waals surface area contributed by atoms with Crippen LogP contribution in [-0.2, 0) is 0 Å². The fraction of sp³-hybridized carbons (Fsp3) is 1.00. The van der Waals surface area contributed by atoms with Gasteiger partial charge in [-0.3, -0.25) is 0 Å². The Morgan fingerprint density at radius 2 is 2.00 bits per heavy atom. The maximum absolute atomic E-state index is 2.36. The molecule has 0 radical (unpaired) electrons. The van der Waals surface area contributed by atoms with Crippen LogP contribution in [0.5, 0.6) is 0 Å². The van der Waals surface area contributed by atoms with Crippen molar-refractivity contribution in [3.05, 3.63) is 0 Å². The van der Waals surface area contributed by atoms with Gasteiger partial charge in [0.1, 0.15) is 0 Å². The molecule has 0 aromatic heterocycles. The number of hydrogen-bond acceptors (Lipinski definition) is 0. The summed E-state index contributed by atoms with van der Waals surface area (Å²) in [7, 11) is 0. The first kappa shape index (κ1) is 4.84. The van der Waals surface area contributed by atoms with Crippen molar-refractivity contribution in [2.75, 3.05) is 0 Å². The van der Waals surface area contributed by atoms with E-state index in [4.69, 9.17) is 0 Å². The van der Waals surface area contributed by atoms with Crippen LogP contribution in [0.1, 0.15) is 33.1 Å². The van der Waals surface area contributed by atoms with Gasteiger partial charge in [0, 0.05) is 0 Å². The number of hydrogen-bond donors (Lipinski definition) is 0. The minimum atomic E-state index is 0.939. The van der Waals surface area contributed by atoms with Crippen molar-refractivity contribution in [2.45, 2.75) is 33.1 Å². The van der Waals surface area contributed by atoms with Crippen LogP contribution in [0.4, 0.5) is 0 Å². The van der Waals surface area contributed by atoms with Crippen LogP contribution in [0.15, 0.2) is 0 Å². The maximum atomic E-state index is 2.36. The Kier molecular flexibility index (Phi) is 0.678. The average Bonchev–Trinajstić information content (AvgIpc) is 2.50. The Hall–Kier alpha value is 0. The van der Waals surface area contributed by atoms with Crippen LogP contribution in [0.3, 0.4) is 0 Å². The van der Waals surface area contributed by atoms with Gasteiger partial charge >= 0.3 is 0 Å². The van der Waals surface area contributed by atoms with E-state index in [0.29, 0.717) is 0 Å². The van der Waals surface area contributed by atoms with Gasteiger partial charge in [-0.15, -0.1) is 0 Å². The molecule has 0 N–H and O–H groups in total. The van der Waals surface area contributed by atoms with Gasteiger partial charge in [0.15, 0.2) is 0 Å². The molecule has 0 heterocycles.